The van der Waals surface area contributed by atoms with Crippen LogP contribution in [0.4, 0.5) is 4.79 Å². The number of hydrogen-bond acceptors (Lipinski definition) is 3. The Kier molecular flexibility index (Phi) is 5.07. The van der Waals surface area contributed by atoms with Crippen LogP contribution in [0.25, 0.3) is 0 Å². The Morgan fingerprint density at radius 3 is 2.80 bits per heavy atom. The van der Waals surface area contributed by atoms with E-state index in [9.17, 15) is 4.79 Å². The van der Waals surface area contributed by atoms with Gasteiger partial charge in [-0.25, -0.2) is 4.79 Å². The highest BCUT2D eigenvalue weighted by molar-refractivity contribution is 5.68. The maximum absolute atomic E-state index is 12.0. The summed E-state index contributed by atoms with van der Waals surface area (Å²) < 4.78 is 5.36. The molecule has 1 unspecified atom stereocenters. The fourth-order valence-corrected chi connectivity index (χ4v) is 3.25. The number of aryl methyl sites for hydroxylation is 1. The first-order valence-corrected chi connectivity index (χ1v) is 8.88. The molecule has 0 radical (unpaired) electrons. The molecule has 1 aromatic carbocycles. The summed E-state index contributed by atoms with van der Waals surface area (Å²) in [6, 6.07) is 10.9. The molecule has 4 heteroatoms. The third-order valence-electron chi connectivity index (χ3n) is 4.35. The first kappa shape index (κ1) is 17.5. The Morgan fingerprint density at radius 1 is 1.24 bits per heavy atom. The van der Waals surface area contributed by atoms with Gasteiger partial charge in [-0.15, -0.1) is 0 Å². The fourth-order valence-electron chi connectivity index (χ4n) is 3.25. The lowest BCUT2D eigenvalue weighted by atomic mass is 9.86. The largest absolute Gasteiger partial charge is 0.444 e. The van der Waals surface area contributed by atoms with Crippen molar-refractivity contribution in [3.63, 3.8) is 0 Å². The molecule has 1 aliphatic carbocycles. The third-order valence-corrected chi connectivity index (χ3v) is 4.35. The normalized spacial score (nSPS) is 16.8. The Labute approximate surface area is 149 Å². The van der Waals surface area contributed by atoms with Crippen molar-refractivity contribution in [2.24, 2.45) is 0 Å². The summed E-state index contributed by atoms with van der Waals surface area (Å²) in [6.07, 6.45) is 7.09. The number of rotatable bonds is 3. The Hall–Kier alpha value is -2.36. The fraction of sp³-hybridized carbons (Fsp3) is 0.429. The maximum Gasteiger partial charge on any atom is 0.407 e. The predicted octanol–water partition coefficient (Wildman–Crippen LogP) is 4.05. The van der Waals surface area contributed by atoms with Gasteiger partial charge >= 0.3 is 6.09 Å². The molecule has 1 aliphatic rings. The number of fused-ring (bicyclic) bond motifs is 1. The average molecular weight is 338 g/mol. The van der Waals surface area contributed by atoms with E-state index in [-0.39, 0.29) is 12.1 Å². The van der Waals surface area contributed by atoms with Gasteiger partial charge in [-0.1, -0.05) is 24.3 Å². The number of ether oxygens (including phenoxy) is 1. The number of benzene rings is 1. The van der Waals surface area contributed by atoms with Crippen molar-refractivity contribution in [2.45, 2.75) is 58.1 Å². The highest BCUT2D eigenvalue weighted by atomic mass is 16.6. The molecule has 3 rings (SSSR count). The van der Waals surface area contributed by atoms with Crippen LogP contribution in [-0.2, 0) is 24.0 Å². The zero-order chi connectivity index (χ0) is 17.9. The van der Waals surface area contributed by atoms with Gasteiger partial charge in [-0.2, -0.15) is 0 Å². The first-order valence-electron chi connectivity index (χ1n) is 8.88. The number of aromatic nitrogens is 1. The topological polar surface area (TPSA) is 51.2 Å². The number of nitrogens with zero attached hydrogens (tertiary/aromatic N) is 1. The molecule has 0 saturated heterocycles. The standard InChI is InChI=1S/C21H26N2O2/c1-21(2,3)25-20(24)23-19-9-8-17-12-15(6-7-18(17)13-19)11-16-5-4-10-22-14-16/h4-7,10,12,14,19H,8-9,11,13H2,1-3H3,(H,23,24). The molecule has 1 atom stereocenters. The monoisotopic (exact) mass is 338 g/mol. The van der Waals surface area contributed by atoms with E-state index in [1.165, 1.54) is 22.3 Å². The van der Waals surface area contributed by atoms with Gasteiger partial charge in [0.25, 0.3) is 0 Å². The molecule has 0 bridgehead atoms. The van der Waals surface area contributed by atoms with Crippen LogP contribution in [0.1, 0.15) is 49.4 Å². The van der Waals surface area contributed by atoms with Gasteiger partial charge in [-0.3, -0.25) is 4.98 Å². The van der Waals surface area contributed by atoms with Crippen LogP contribution in [0, 0.1) is 0 Å². The summed E-state index contributed by atoms with van der Waals surface area (Å²) in [5.74, 6) is 0. The van der Waals surface area contributed by atoms with Crippen molar-refractivity contribution in [1.29, 1.82) is 0 Å². The van der Waals surface area contributed by atoms with Crippen molar-refractivity contribution in [3.05, 3.63) is 65.0 Å². The molecule has 1 aromatic heterocycles. The molecule has 0 aliphatic heterocycles. The smallest absolute Gasteiger partial charge is 0.407 e. The number of hydrogen-bond donors (Lipinski definition) is 1. The highest BCUT2D eigenvalue weighted by Gasteiger charge is 2.23. The Morgan fingerprint density at radius 2 is 2.08 bits per heavy atom. The molecular formula is C21H26N2O2. The van der Waals surface area contributed by atoms with E-state index in [4.69, 9.17) is 4.74 Å². The van der Waals surface area contributed by atoms with Crippen LogP contribution in [0.5, 0.6) is 0 Å². The number of carbonyl (C=O) groups is 1. The molecule has 0 fully saturated rings. The summed E-state index contributed by atoms with van der Waals surface area (Å²) in [7, 11) is 0. The second-order valence-electron chi connectivity index (χ2n) is 7.73. The molecule has 2 aromatic rings. The van der Waals surface area contributed by atoms with E-state index in [2.05, 4.69) is 34.6 Å². The number of carbonyl (C=O) groups excluding carboxylic acids is 1. The number of nitrogens with one attached hydrogen (secondary N) is 1. The van der Waals surface area contributed by atoms with Gasteiger partial charge in [0.05, 0.1) is 0 Å². The molecule has 1 N–H and O–H groups in total. The summed E-state index contributed by atoms with van der Waals surface area (Å²) in [5, 5.41) is 3.00. The SMILES string of the molecule is CC(C)(C)OC(=O)NC1CCc2cc(Cc3cccnc3)ccc2C1. The minimum Gasteiger partial charge on any atom is -0.444 e. The van der Waals surface area contributed by atoms with Gasteiger partial charge in [0.2, 0.25) is 0 Å². The predicted molar refractivity (Wildman–Crippen MR) is 98.7 cm³/mol. The quantitative estimate of drug-likeness (QED) is 0.918. The molecule has 4 nitrogen and oxygen atoms in total. The van der Waals surface area contributed by atoms with Gasteiger partial charge in [0, 0.05) is 18.4 Å². The number of pyridine rings is 1. The second-order valence-corrected chi connectivity index (χ2v) is 7.73. The van der Waals surface area contributed by atoms with Crippen molar-refractivity contribution >= 4 is 6.09 Å². The number of amides is 1. The van der Waals surface area contributed by atoms with Crippen LogP contribution in [-0.4, -0.2) is 22.7 Å². The van der Waals surface area contributed by atoms with Crippen molar-refractivity contribution in [3.8, 4) is 0 Å². The van der Waals surface area contributed by atoms with E-state index in [0.29, 0.717) is 0 Å². The lowest BCUT2D eigenvalue weighted by Crippen LogP contribution is -2.41. The summed E-state index contributed by atoms with van der Waals surface area (Å²) in [4.78, 5) is 16.1. The Bertz CT molecular complexity index is 735. The molecule has 0 spiro atoms. The van der Waals surface area contributed by atoms with Crippen LogP contribution in [0.2, 0.25) is 0 Å². The molecule has 25 heavy (non-hydrogen) atoms. The second kappa shape index (κ2) is 7.26. The summed E-state index contributed by atoms with van der Waals surface area (Å²) in [6.45, 7) is 5.64. The number of alkyl carbamates (subject to hydrolysis) is 1. The summed E-state index contributed by atoms with van der Waals surface area (Å²) >= 11 is 0. The van der Waals surface area contributed by atoms with Gasteiger partial charge < -0.3 is 10.1 Å². The van der Waals surface area contributed by atoms with Crippen molar-refractivity contribution < 1.29 is 9.53 Å². The van der Waals surface area contributed by atoms with Crippen LogP contribution < -0.4 is 5.32 Å². The van der Waals surface area contributed by atoms with Crippen LogP contribution >= 0.6 is 0 Å². The Balaban J connectivity index is 1.62. The first-order chi connectivity index (χ1) is 11.9. The van der Waals surface area contributed by atoms with Gasteiger partial charge in [0.1, 0.15) is 5.60 Å². The lowest BCUT2D eigenvalue weighted by molar-refractivity contribution is 0.0500. The van der Waals surface area contributed by atoms with Crippen molar-refractivity contribution in [2.75, 3.05) is 0 Å². The third kappa shape index (κ3) is 5.05. The zero-order valence-corrected chi connectivity index (χ0v) is 15.2. The van der Waals surface area contributed by atoms with E-state index < -0.39 is 5.60 Å². The average Bonchev–Trinajstić information content (AvgIpc) is 2.54. The maximum atomic E-state index is 12.0. The van der Waals surface area contributed by atoms with E-state index in [1.54, 1.807) is 6.20 Å². The molecule has 0 saturated carbocycles. The molecular weight excluding hydrogens is 312 g/mol. The van der Waals surface area contributed by atoms with E-state index >= 15 is 0 Å². The minimum atomic E-state index is -0.460. The van der Waals surface area contributed by atoms with Gasteiger partial charge in [0.15, 0.2) is 0 Å². The highest BCUT2D eigenvalue weighted by Crippen LogP contribution is 2.24. The molecule has 1 heterocycles. The molecule has 1 amide bonds. The molecule has 132 valence electrons. The van der Waals surface area contributed by atoms with Crippen LogP contribution in [0.3, 0.4) is 0 Å². The van der Waals surface area contributed by atoms with E-state index in [1.807, 2.05) is 33.0 Å². The summed E-state index contributed by atoms with van der Waals surface area (Å²) in [5.41, 5.74) is 4.79. The minimum absolute atomic E-state index is 0.145. The van der Waals surface area contributed by atoms with E-state index in [0.717, 1.165) is 25.7 Å². The van der Waals surface area contributed by atoms with Gasteiger partial charge in [-0.05, 0) is 74.8 Å². The van der Waals surface area contributed by atoms with Crippen molar-refractivity contribution in [1.82, 2.24) is 10.3 Å². The lowest BCUT2D eigenvalue weighted by Gasteiger charge is -2.27. The van der Waals surface area contributed by atoms with Crippen LogP contribution in [0.15, 0.2) is 42.7 Å². The zero-order valence-electron chi connectivity index (χ0n) is 15.2.